The van der Waals surface area contributed by atoms with E-state index in [0.29, 0.717) is 23.3 Å². The Kier molecular flexibility index (Phi) is 7.19. The number of aliphatic hydroxyl groups excluding tert-OH is 1. The Hall–Kier alpha value is -2.45. The van der Waals surface area contributed by atoms with Crippen LogP contribution in [0.3, 0.4) is 0 Å². The third-order valence-corrected chi connectivity index (χ3v) is 5.85. The van der Waals surface area contributed by atoms with Crippen molar-refractivity contribution in [3.8, 4) is 17.1 Å². The monoisotopic (exact) mass is 442 g/mol. The van der Waals surface area contributed by atoms with Crippen molar-refractivity contribution in [2.45, 2.75) is 25.6 Å². The fourth-order valence-electron chi connectivity index (χ4n) is 3.96. The lowest BCUT2D eigenvalue weighted by atomic mass is 10.1. The Morgan fingerprint density at radius 3 is 2.77 bits per heavy atom. The fraction of sp³-hybridized carbons (Fsp3) is 0.391. The first kappa shape index (κ1) is 21.8. The average Bonchev–Trinajstić information content (AvgIpc) is 3.25. The van der Waals surface area contributed by atoms with Gasteiger partial charge in [0.05, 0.1) is 13.7 Å². The topological polar surface area (TPSA) is 74.9 Å². The second-order valence-electron chi connectivity index (χ2n) is 7.74. The van der Waals surface area contributed by atoms with Crippen LogP contribution in [0, 0.1) is 0 Å². The van der Waals surface area contributed by atoms with Gasteiger partial charge in [-0.05, 0) is 48.4 Å². The summed E-state index contributed by atoms with van der Waals surface area (Å²) in [4.78, 5) is 9.27. The number of aliphatic hydroxyl groups is 1. The van der Waals surface area contributed by atoms with E-state index < -0.39 is 0 Å². The number of aromatic nitrogens is 2. The third-order valence-electron chi connectivity index (χ3n) is 5.60. The predicted octanol–water partition coefficient (Wildman–Crippen LogP) is 3.47. The van der Waals surface area contributed by atoms with E-state index in [4.69, 9.17) is 20.9 Å². The van der Waals surface area contributed by atoms with Gasteiger partial charge in [-0.2, -0.15) is 4.98 Å². The molecule has 1 aliphatic heterocycles. The molecule has 7 nitrogen and oxygen atoms in total. The number of methoxy groups -OCH3 is 1. The molecule has 164 valence electrons. The lowest BCUT2D eigenvalue weighted by Gasteiger charge is -2.41. The molecule has 1 atom stereocenters. The number of hydrogen-bond donors (Lipinski definition) is 1. The van der Waals surface area contributed by atoms with Crippen LogP contribution in [-0.2, 0) is 13.1 Å². The van der Waals surface area contributed by atoms with Crippen molar-refractivity contribution in [2.75, 3.05) is 33.4 Å². The smallest absolute Gasteiger partial charge is 0.241 e. The summed E-state index contributed by atoms with van der Waals surface area (Å²) >= 11 is 5.95. The Bertz CT molecular complexity index is 979. The van der Waals surface area contributed by atoms with E-state index in [1.165, 1.54) is 5.56 Å². The summed E-state index contributed by atoms with van der Waals surface area (Å²) in [5, 5.41) is 14.4. The van der Waals surface area contributed by atoms with E-state index in [1.807, 2.05) is 36.4 Å². The van der Waals surface area contributed by atoms with E-state index in [0.717, 1.165) is 43.9 Å². The van der Waals surface area contributed by atoms with Gasteiger partial charge in [0.25, 0.3) is 0 Å². The molecule has 0 saturated carbocycles. The fourth-order valence-corrected chi connectivity index (χ4v) is 4.09. The van der Waals surface area contributed by atoms with E-state index >= 15 is 0 Å². The quantitative estimate of drug-likeness (QED) is 0.572. The highest BCUT2D eigenvalue weighted by Gasteiger charge is 2.27. The highest BCUT2D eigenvalue weighted by atomic mass is 35.5. The van der Waals surface area contributed by atoms with Gasteiger partial charge in [-0.3, -0.25) is 9.80 Å². The predicted molar refractivity (Wildman–Crippen MR) is 119 cm³/mol. The van der Waals surface area contributed by atoms with Gasteiger partial charge in [0, 0.05) is 49.4 Å². The van der Waals surface area contributed by atoms with Crippen LogP contribution >= 0.6 is 11.6 Å². The molecule has 1 N–H and O–H groups in total. The molecule has 8 heteroatoms. The minimum Gasteiger partial charge on any atom is -0.497 e. The van der Waals surface area contributed by atoms with Gasteiger partial charge in [-0.25, -0.2) is 0 Å². The zero-order chi connectivity index (χ0) is 21.6. The second kappa shape index (κ2) is 10.2. The molecule has 0 radical (unpaired) electrons. The Labute approximate surface area is 187 Å². The molecule has 1 aromatic heterocycles. The number of piperazine rings is 1. The molecule has 3 aromatic rings. The van der Waals surface area contributed by atoms with Crippen LogP contribution in [-0.4, -0.2) is 64.4 Å². The Balaban J connectivity index is 1.38. The molecular weight excluding hydrogens is 416 g/mol. The molecule has 2 heterocycles. The Morgan fingerprint density at radius 1 is 1.16 bits per heavy atom. The van der Waals surface area contributed by atoms with Crippen LogP contribution in [0.15, 0.2) is 53.1 Å². The van der Waals surface area contributed by atoms with Crippen molar-refractivity contribution in [1.82, 2.24) is 19.9 Å². The van der Waals surface area contributed by atoms with Crippen molar-refractivity contribution < 1.29 is 14.4 Å². The van der Waals surface area contributed by atoms with Gasteiger partial charge >= 0.3 is 0 Å². The maximum absolute atomic E-state index is 9.59. The number of halogens is 1. The molecule has 0 amide bonds. The van der Waals surface area contributed by atoms with Crippen molar-refractivity contribution in [3.63, 3.8) is 0 Å². The lowest BCUT2D eigenvalue weighted by molar-refractivity contribution is 0.0450. The van der Waals surface area contributed by atoms with E-state index in [9.17, 15) is 5.11 Å². The third kappa shape index (κ3) is 5.62. The van der Waals surface area contributed by atoms with Gasteiger partial charge in [-0.15, -0.1) is 0 Å². The molecule has 0 unspecified atom stereocenters. The minimum absolute atomic E-state index is 0.161. The van der Waals surface area contributed by atoms with Gasteiger partial charge in [-0.1, -0.05) is 28.9 Å². The first-order valence-electron chi connectivity index (χ1n) is 10.4. The summed E-state index contributed by atoms with van der Waals surface area (Å²) in [7, 11) is 1.68. The van der Waals surface area contributed by atoms with Crippen LogP contribution in [0.25, 0.3) is 11.4 Å². The van der Waals surface area contributed by atoms with Crippen LogP contribution in [0.2, 0.25) is 5.02 Å². The first-order chi connectivity index (χ1) is 15.1. The molecule has 0 spiro atoms. The van der Waals surface area contributed by atoms with E-state index in [-0.39, 0.29) is 12.6 Å². The zero-order valence-corrected chi connectivity index (χ0v) is 18.3. The largest absolute Gasteiger partial charge is 0.497 e. The van der Waals surface area contributed by atoms with E-state index in [2.05, 4.69) is 32.1 Å². The normalized spacial score (nSPS) is 17.7. The summed E-state index contributed by atoms with van der Waals surface area (Å²) in [6.07, 6.45) is 0.723. The molecule has 1 saturated heterocycles. The maximum Gasteiger partial charge on any atom is 0.241 e. The van der Waals surface area contributed by atoms with Gasteiger partial charge in [0.2, 0.25) is 11.7 Å². The molecule has 2 aromatic carbocycles. The number of benzene rings is 2. The van der Waals surface area contributed by atoms with Crippen molar-refractivity contribution in [2.24, 2.45) is 0 Å². The van der Waals surface area contributed by atoms with Crippen molar-refractivity contribution >= 4 is 11.6 Å². The number of hydrogen-bond acceptors (Lipinski definition) is 7. The molecule has 0 bridgehead atoms. The summed E-state index contributed by atoms with van der Waals surface area (Å²) in [6, 6.07) is 15.8. The van der Waals surface area contributed by atoms with Crippen LogP contribution < -0.4 is 4.74 Å². The number of ether oxygens (including phenoxy) is 1. The van der Waals surface area contributed by atoms with Crippen LogP contribution in [0.5, 0.6) is 5.75 Å². The van der Waals surface area contributed by atoms with Gasteiger partial charge < -0.3 is 14.4 Å². The molecule has 4 rings (SSSR count). The van der Waals surface area contributed by atoms with Crippen molar-refractivity contribution in [1.29, 1.82) is 0 Å². The highest BCUT2D eigenvalue weighted by molar-refractivity contribution is 6.30. The van der Waals surface area contributed by atoms with Gasteiger partial charge in [0.1, 0.15) is 5.75 Å². The summed E-state index contributed by atoms with van der Waals surface area (Å²) in [5.74, 6) is 2.02. The first-order valence-corrected chi connectivity index (χ1v) is 10.8. The van der Waals surface area contributed by atoms with E-state index in [1.54, 1.807) is 7.11 Å². The molecule has 31 heavy (non-hydrogen) atoms. The lowest BCUT2D eigenvalue weighted by Crippen LogP contribution is -2.52. The number of nitrogens with zero attached hydrogens (tertiary/aromatic N) is 4. The van der Waals surface area contributed by atoms with Gasteiger partial charge in [0.15, 0.2) is 0 Å². The van der Waals surface area contributed by atoms with Crippen molar-refractivity contribution in [3.05, 3.63) is 65.0 Å². The standard InChI is InChI=1S/C23H27ClN4O3/c1-30-21-4-2-3-17(13-21)14-28-11-10-27(15-20(28)9-12-29)16-22-25-23(26-31-22)18-5-7-19(24)8-6-18/h2-8,13,20,29H,9-12,14-16H2,1H3/t20-/m0/s1. The SMILES string of the molecule is COc1cccc(CN2CCN(Cc3nc(-c4ccc(Cl)cc4)no3)C[C@@H]2CCO)c1. The minimum atomic E-state index is 0.161. The van der Waals surface area contributed by atoms with Crippen LogP contribution in [0.1, 0.15) is 17.9 Å². The van der Waals surface area contributed by atoms with Crippen LogP contribution in [0.4, 0.5) is 0 Å². The zero-order valence-electron chi connectivity index (χ0n) is 17.6. The summed E-state index contributed by atoms with van der Waals surface area (Å²) < 4.78 is 10.8. The maximum atomic E-state index is 9.59. The summed E-state index contributed by atoms with van der Waals surface area (Å²) in [6.45, 7) is 4.22. The number of rotatable bonds is 8. The molecule has 1 aliphatic rings. The average molecular weight is 443 g/mol. The molecule has 1 fully saturated rings. The Morgan fingerprint density at radius 2 is 2.00 bits per heavy atom. The highest BCUT2D eigenvalue weighted by Crippen LogP contribution is 2.22. The second-order valence-corrected chi connectivity index (χ2v) is 8.18. The molecular formula is C23H27ClN4O3. The summed E-state index contributed by atoms with van der Waals surface area (Å²) in [5.41, 5.74) is 2.08. The molecule has 0 aliphatic carbocycles.